The molecule has 3 aromatic rings. The number of hydrogen-bond acceptors (Lipinski definition) is 5. The maximum absolute atomic E-state index is 6.89. The number of nitrogens with two attached hydrogens (primary N) is 2. The van der Waals surface area contributed by atoms with Gasteiger partial charge in [-0.15, -0.1) is 0 Å². The average molecular weight is 454 g/mol. The topological polar surface area (TPSA) is 81.3 Å². The highest BCUT2D eigenvalue weighted by atomic mass is 35.5. The summed E-state index contributed by atoms with van der Waals surface area (Å²) in [5, 5.41) is 5.33. The summed E-state index contributed by atoms with van der Waals surface area (Å²) >= 11 is 6.89. The molecular weight excluding hydrogens is 422 g/mol. The largest absolute Gasteiger partial charge is 0.397 e. The lowest BCUT2D eigenvalue weighted by Crippen LogP contribution is -2.45. The van der Waals surface area contributed by atoms with Gasteiger partial charge in [-0.2, -0.15) is 5.10 Å². The molecule has 8 heteroatoms. The Morgan fingerprint density at radius 2 is 1.59 bits per heavy atom. The van der Waals surface area contributed by atoms with Gasteiger partial charge in [0.25, 0.3) is 0 Å². The van der Waals surface area contributed by atoms with Gasteiger partial charge in [0.15, 0.2) is 5.82 Å². The van der Waals surface area contributed by atoms with Crippen LogP contribution < -0.4 is 11.5 Å². The number of aryl methyl sites for hydroxylation is 2. The molecule has 4 rings (SSSR count). The molecule has 1 aromatic carbocycles. The minimum atomic E-state index is 0.419. The van der Waals surface area contributed by atoms with E-state index in [4.69, 9.17) is 28.2 Å². The van der Waals surface area contributed by atoms with Crippen molar-refractivity contribution in [3.05, 3.63) is 65.0 Å². The van der Waals surface area contributed by atoms with Crippen molar-refractivity contribution in [1.29, 1.82) is 0 Å². The van der Waals surface area contributed by atoms with Crippen LogP contribution in [-0.4, -0.2) is 63.9 Å². The van der Waals surface area contributed by atoms with Crippen LogP contribution in [0.5, 0.6) is 0 Å². The van der Waals surface area contributed by atoms with Crippen LogP contribution >= 0.6 is 11.6 Å². The first-order valence-corrected chi connectivity index (χ1v) is 11.4. The fourth-order valence-corrected chi connectivity index (χ4v) is 4.48. The van der Waals surface area contributed by atoms with Gasteiger partial charge in [0.05, 0.1) is 22.8 Å². The third-order valence-corrected chi connectivity index (χ3v) is 6.61. The quantitative estimate of drug-likeness (QED) is 0.599. The Bertz CT molecular complexity index is 1090. The number of nitrogens with zero attached hydrogens (tertiary/aromatic N) is 5. The molecule has 1 saturated heterocycles. The van der Waals surface area contributed by atoms with Crippen LogP contribution in [0.1, 0.15) is 22.5 Å². The van der Waals surface area contributed by atoms with E-state index < -0.39 is 0 Å². The summed E-state index contributed by atoms with van der Waals surface area (Å²) in [6.07, 6.45) is 0. The number of halogens is 1. The zero-order valence-corrected chi connectivity index (χ0v) is 19.8. The first kappa shape index (κ1) is 22.5. The van der Waals surface area contributed by atoms with E-state index >= 15 is 0 Å². The zero-order chi connectivity index (χ0) is 22.8. The van der Waals surface area contributed by atoms with Crippen LogP contribution in [-0.2, 0) is 6.54 Å². The molecule has 0 atom stereocenters. The molecule has 2 aromatic heterocycles. The number of hydrogen-bond donors (Lipinski definition) is 2. The van der Waals surface area contributed by atoms with Crippen LogP contribution in [0.2, 0.25) is 0 Å². The molecule has 3 heterocycles. The Morgan fingerprint density at radius 3 is 2.22 bits per heavy atom. The minimum Gasteiger partial charge on any atom is -0.397 e. The maximum atomic E-state index is 6.89. The number of piperazine rings is 1. The first-order chi connectivity index (χ1) is 15.4. The summed E-state index contributed by atoms with van der Waals surface area (Å²) in [5.41, 5.74) is 17.3. The third-order valence-electron chi connectivity index (χ3n) is 6.22. The molecule has 1 aliphatic rings. The van der Waals surface area contributed by atoms with Crippen molar-refractivity contribution < 1.29 is 0 Å². The Labute approximate surface area is 194 Å². The van der Waals surface area contributed by atoms with Gasteiger partial charge in [0.1, 0.15) is 5.82 Å². The third kappa shape index (κ3) is 4.41. The summed E-state index contributed by atoms with van der Waals surface area (Å²) in [6.45, 7) is 9.94. The van der Waals surface area contributed by atoms with Crippen LogP contribution in [0.15, 0.2) is 42.5 Å². The minimum absolute atomic E-state index is 0.419. The van der Waals surface area contributed by atoms with Crippen LogP contribution in [0.25, 0.3) is 16.5 Å². The lowest BCUT2D eigenvalue weighted by atomic mass is 10.1. The average Bonchev–Trinajstić information content (AvgIpc) is 3.30. The van der Waals surface area contributed by atoms with Crippen LogP contribution in [0.3, 0.4) is 0 Å². The van der Waals surface area contributed by atoms with Gasteiger partial charge >= 0.3 is 0 Å². The predicted molar refractivity (Wildman–Crippen MR) is 133 cm³/mol. The number of aromatic nitrogens is 3. The Balaban J connectivity index is 1.74. The number of anilines is 1. The second kappa shape index (κ2) is 9.40. The monoisotopic (exact) mass is 453 g/mol. The van der Waals surface area contributed by atoms with Crippen LogP contribution in [0, 0.1) is 13.8 Å². The molecule has 1 aliphatic heterocycles. The molecule has 32 heavy (non-hydrogen) atoms. The molecule has 0 bridgehead atoms. The van der Waals surface area contributed by atoms with E-state index in [1.807, 2.05) is 48.9 Å². The number of likely N-dealkylation sites (N-methyl/N-ethyl adjacent to an activating group) is 1. The Hall–Kier alpha value is -2.74. The van der Waals surface area contributed by atoms with Gasteiger partial charge in [0, 0.05) is 44.1 Å². The van der Waals surface area contributed by atoms with Gasteiger partial charge in [-0.1, -0.05) is 41.9 Å². The van der Waals surface area contributed by atoms with E-state index in [0.717, 1.165) is 49.7 Å². The second-order valence-corrected chi connectivity index (χ2v) is 8.88. The lowest BCUT2D eigenvalue weighted by Gasteiger charge is -2.32. The number of rotatable bonds is 6. The van der Waals surface area contributed by atoms with Crippen molar-refractivity contribution >= 4 is 28.1 Å². The van der Waals surface area contributed by atoms with Crippen molar-refractivity contribution in [3.63, 3.8) is 0 Å². The highest BCUT2D eigenvalue weighted by Crippen LogP contribution is 2.36. The second-order valence-electron chi connectivity index (χ2n) is 8.50. The molecule has 0 aliphatic carbocycles. The fraction of sp³-hybridized carbons (Fsp3) is 0.375. The van der Waals surface area contributed by atoms with Crippen molar-refractivity contribution in [2.45, 2.75) is 20.4 Å². The van der Waals surface area contributed by atoms with Crippen molar-refractivity contribution in [2.24, 2.45) is 5.73 Å². The lowest BCUT2D eigenvalue weighted by molar-refractivity contribution is 0.149. The van der Waals surface area contributed by atoms with Gasteiger partial charge in [-0.3, -0.25) is 4.90 Å². The van der Waals surface area contributed by atoms with Gasteiger partial charge in [0.2, 0.25) is 0 Å². The highest BCUT2D eigenvalue weighted by Gasteiger charge is 2.24. The fourth-order valence-electron chi connectivity index (χ4n) is 4.19. The number of benzene rings is 1. The molecule has 0 saturated carbocycles. The van der Waals surface area contributed by atoms with Crippen molar-refractivity contribution in [2.75, 3.05) is 45.5 Å². The van der Waals surface area contributed by atoms with E-state index in [0.29, 0.717) is 34.5 Å². The molecule has 0 spiro atoms. The molecule has 170 valence electrons. The van der Waals surface area contributed by atoms with Crippen molar-refractivity contribution in [1.82, 2.24) is 24.1 Å². The van der Waals surface area contributed by atoms with Crippen molar-refractivity contribution in [3.8, 4) is 5.82 Å². The Morgan fingerprint density at radius 1 is 0.969 bits per heavy atom. The highest BCUT2D eigenvalue weighted by molar-refractivity contribution is 6.53. The van der Waals surface area contributed by atoms with Crippen LogP contribution in [0.4, 0.5) is 5.82 Å². The smallest absolute Gasteiger partial charge is 0.170 e. The van der Waals surface area contributed by atoms with E-state index in [1.54, 1.807) is 0 Å². The summed E-state index contributed by atoms with van der Waals surface area (Å²) in [7, 11) is 2.16. The van der Waals surface area contributed by atoms with E-state index in [-0.39, 0.29) is 0 Å². The van der Waals surface area contributed by atoms with E-state index in [1.165, 1.54) is 0 Å². The molecule has 7 nitrogen and oxygen atoms in total. The standard InChI is InChI=1S/C24H32ClN7/c1-17-9-10-18(2)32(17)24-20(21(25)22(26)19-7-5-4-6-8-19)23(27)31(28-24)16-15-30-13-11-29(3)12-14-30/h4-10H,11-16,26-27H2,1-3H3/b22-21+. The first-order valence-electron chi connectivity index (χ1n) is 11.0. The number of nitrogen functional groups attached to an aromatic ring is 1. The zero-order valence-electron chi connectivity index (χ0n) is 19.1. The van der Waals surface area contributed by atoms with Gasteiger partial charge < -0.3 is 20.9 Å². The molecule has 0 amide bonds. The normalized spacial score (nSPS) is 16.4. The molecule has 0 unspecified atom stereocenters. The molecule has 0 radical (unpaired) electrons. The predicted octanol–water partition coefficient (Wildman–Crippen LogP) is 3.14. The summed E-state index contributed by atoms with van der Waals surface area (Å²) < 4.78 is 3.95. The van der Waals surface area contributed by atoms with Gasteiger partial charge in [-0.25, -0.2) is 4.68 Å². The van der Waals surface area contributed by atoms with E-state index in [9.17, 15) is 0 Å². The molecular formula is C24H32ClN7. The SMILES string of the molecule is Cc1ccc(C)n1-c1nn(CCN2CCN(C)CC2)c(N)c1/C(Cl)=C(\N)c1ccccc1. The van der Waals surface area contributed by atoms with E-state index in [2.05, 4.69) is 33.5 Å². The molecule has 1 fully saturated rings. The summed E-state index contributed by atoms with van der Waals surface area (Å²) in [5.74, 6) is 1.25. The molecule has 4 N–H and O–H groups in total. The summed E-state index contributed by atoms with van der Waals surface area (Å²) in [6, 6.07) is 13.8. The Kier molecular flexibility index (Phi) is 6.60. The maximum Gasteiger partial charge on any atom is 0.170 e. The van der Waals surface area contributed by atoms with Gasteiger partial charge in [-0.05, 0) is 38.6 Å². The summed E-state index contributed by atoms with van der Waals surface area (Å²) in [4.78, 5) is 4.80.